The van der Waals surface area contributed by atoms with Gasteiger partial charge in [0.1, 0.15) is 17.3 Å². The predicted octanol–water partition coefficient (Wildman–Crippen LogP) is 12.1. The van der Waals surface area contributed by atoms with Crippen LogP contribution in [0.3, 0.4) is 0 Å². The zero-order valence-corrected chi connectivity index (χ0v) is 34.4. The van der Waals surface area contributed by atoms with Crippen molar-refractivity contribution in [2.75, 3.05) is 25.2 Å². The summed E-state index contributed by atoms with van der Waals surface area (Å²) in [6, 6.07) is 13.3. The van der Waals surface area contributed by atoms with Crippen LogP contribution < -0.4 is 4.74 Å². The summed E-state index contributed by atoms with van der Waals surface area (Å²) in [7, 11) is 1.19. The van der Waals surface area contributed by atoms with Crippen LogP contribution in [0.15, 0.2) is 53.4 Å². The number of allylic oxidation sites excluding steroid dienone is 1. The van der Waals surface area contributed by atoms with Crippen LogP contribution in [0.1, 0.15) is 128 Å². The van der Waals surface area contributed by atoms with E-state index < -0.39 is 22.3 Å². The van der Waals surface area contributed by atoms with Crippen molar-refractivity contribution in [3.8, 4) is 5.75 Å². The van der Waals surface area contributed by atoms with Gasteiger partial charge in [-0.25, -0.2) is 9.00 Å². The van der Waals surface area contributed by atoms with Crippen LogP contribution in [0, 0.1) is 11.8 Å². The number of halogens is 2. The van der Waals surface area contributed by atoms with Crippen LogP contribution in [0.4, 0.5) is 8.78 Å². The van der Waals surface area contributed by atoms with Gasteiger partial charge < -0.3 is 9.47 Å². The second-order valence-electron chi connectivity index (χ2n) is 10.9. The zero-order valence-electron chi connectivity index (χ0n) is 32.8. The number of carbonyl (C=O) groups excluding carboxylic acids is 1. The lowest BCUT2D eigenvalue weighted by Crippen LogP contribution is -2.37. The van der Waals surface area contributed by atoms with E-state index >= 15 is 0 Å². The van der Waals surface area contributed by atoms with E-state index in [0.29, 0.717) is 29.3 Å². The number of ether oxygens (including phenoxy) is 2. The van der Waals surface area contributed by atoms with Crippen LogP contribution in [0.2, 0.25) is 0 Å². The fourth-order valence-electron chi connectivity index (χ4n) is 5.77. The van der Waals surface area contributed by atoms with Crippen molar-refractivity contribution in [3.05, 3.63) is 48.6 Å². The topological polar surface area (TPSA) is 61.8 Å². The summed E-state index contributed by atoms with van der Waals surface area (Å²) in [6.07, 6.45) is 9.21. The summed E-state index contributed by atoms with van der Waals surface area (Å²) in [5.74, 6) is 2.12. The maximum atomic E-state index is 13.2. The first-order chi connectivity index (χ1) is 23.6. The Balaban J connectivity index is 0. The minimum absolute atomic E-state index is 0.00743. The number of rotatable bonds is 10. The van der Waals surface area contributed by atoms with Crippen molar-refractivity contribution >= 4 is 38.7 Å². The predicted molar refractivity (Wildman–Crippen MR) is 210 cm³/mol. The van der Waals surface area contributed by atoms with E-state index in [4.69, 9.17) is 4.74 Å². The van der Waals surface area contributed by atoms with E-state index in [0.717, 1.165) is 31.3 Å². The Morgan fingerprint density at radius 1 is 0.898 bits per heavy atom. The molecule has 0 aromatic heterocycles. The molecule has 49 heavy (non-hydrogen) atoms. The molecule has 2 saturated carbocycles. The smallest absolute Gasteiger partial charge is 0.439 e. The molecule has 3 atom stereocenters. The first-order valence-electron chi connectivity index (χ1n) is 18.6. The molecule has 0 N–H and O–H groups in total. The molecule has 2 aliphatic carbocycles. The van der Waals surface area contributed by atoms with Gasteiger partial charge in [0.25, 0.3) is 0 Å². The molecule has 2 aromatic rings. The number of fused-ring (bicyclic) bond motifs is 1. The Bertz CT molecular complexity index is 1180. The Kier molecular flexibility index (Phi) is 28.8. The van der Waals surface area contributed by atoms with E-state index in [1.54, 1.807) is 0 Å². The van der Waals surface area contributed by atoms with Crippen molar-refractivity contribution in [2.45, 2.75) is 144 Å². The first kappa shape index (κ1) is 49.1. The standard InChI is InChI=1S/C20H27OS.C12H18F2O4S.4C2H6/c1-3-22(4-2)20-15-14-19(17-12-8-9-13-18(17)20)21-16-10-6-5-7-11-16;1-8-4-9(2)6-10(5-8)7-18-11(15)12(13,14)19(16)17-3;4*1-2/h8-9,12-16H,3-7,10-11H2,1-2H3;9-10H,1,4-7H2,2-3H3;4*1-2H3/q+1;;;;;. The second kappa shape index (κ2) is 28.7. The Hall–Kier alpha value is -1.97. The maximum absolute atomic E-state index is 13.2. The fourth-order valence-corrected chi connectivity index (χ4v) is 7.96. The molecule has 4 rings (SSSR count). The number of esters is 1. The number of carbonyl (C=O) groups is 1. The van der Waals surface area contributed by atoms with E-state index in [9.17, 15) is 17.8 Å². The van der Waals surface area contributed by atoms with Crippen LogP contribution >= 0.6 is 0 Å². The average Bonchev–Trinajstić information content (AvgIpc) is 3.15. The summed E-state index contributed by atoms with van der Waals surface area (Å²) in [5, 5.41) is -1.45. The molecule has 2 fully saturated rings. The zero-order chi connectivity index (χ0) is 38.0. The fraction of sp³-hybridized carbons (Fsp3) is 0.675. The van der Waals surface area contributed by atoms with Gasteiger partial charge in [0, 0.05) is 21.7 Å². The average molecular weight is 732 g/mol. The number of benzene rings is 2. The lowest BCUT2D eigenvalue weighted by molar-refractivity contribution is -0.162. The van der Waals surface area contributed by atoms with Crippen LogP contribution in [0.25, 0.3) is 10.8 Å². The molecule has 0 radical (unpaired) electrons. The third-order valence-corrected chi connectivity index (χ3v) is 11.0. The van der Waals surface area contributed by atoms with E-state index in [2.05, 4.69) is 65.7 Å². The largest absolute Gasteiger partial charge is 0.490 e. The minimum Gasteiger partial charge on any atom is -0.490 e. The molecular formula is C40H69F2O5S2+. The van der Waals surface area contributed by atoms with Gasteiger partial charge in [-0.1, -0.05) is 99.1 Å². The summed E-state index contributed by atoms with van der Waals surface area (Å²) in [4.78, 5) is 12.7. The normalized spacial score (nSPS) is 17.9. The maximum Gasteiger partial charge on any atom is 0.439 e. The monoisotopic (exact) mass is 731 g/mol. The lowest BCUT2D eigenvalue weighted by Gasteiger charge is -2.28. The molecule has 0 bridgehead atoms. The number of hydrogen-bond acceptors (Lipinski definition) is 5. The van der Waals surface area contributed by atoms with Gasteiger partial charge in [-0.05, 0) is 88.8 Å². The third-order valence-electron chi connectivity index (χ3n) is 7.70. The van der Waals surface area contributed by atoms with Crippen molar-refractivity contribution in [1.29, 1.82) is 0 Å². The summed E-state index contributed by atoms with van der Waals surface area (Å²) in [5.41, 5.74) is 1.03. The Morgan fingerprint density at radius 3 is 1.96 bits per heavy atom. The summed E-state index contributed by atoms with van der Waals surface area (Å²) >= 11 is -3.01. The molecule has 284 valence electrons. The van der Waals surface area contributed by atoms with Gasteiger partial charge in [-0.15, -0.1) is 0 Å². The van der Waals surface area contributed by atoms with Gasteiger partial charge in [-0.2, -0.15) is 8.78 Å². The molecule has 9 heteroatoms. The molecule has 5 nitrogen and oxygen atoms in total. The van der Waals surface area contributed by atoms with E-state index in [1.807, 2.05) is 62.3 Å². The number of alkyl halides is 2. The highest BCUT2D eigenvalue weighted by Crippen LogP contribution is 2.35. The SMILES string of the molecule is C=C1CC(C)CC(COC(=O)C(F)(F)S(=O)OC)C1.CC.CC.CC.CC.CC[S+](CC)c1ccc(OC2CCCCC2)c2ccccc12. The molecule has 2 aromatic carbocycles. The number of hydrogen-bond donors (Lipinski definition) is 0. The van der Waals surface area contributed by atoms with Gasteiger partial charge in [0.15, 0.2) is 4.90 Å². The highest BCUT2D eigenvalue weighted by atomic mass is 32.2. The van der Waals surface area contributed by atoms with Crippen LogP contribution in [-0.4, -0.2) is 46.8 Å². The van der Waals surface area contributed by atoms with Gasteiger partial charge in [0.2, 0.25) is 11.1 Å². The first-order valence-corrected chi connectivity index (χ1v) is 21.3. The quantitative estimate of drug-likeness (QED) is 0.138. The van der Waals surface area contributed by atoms with E-state index in [-0.39, 0.29) is 12.5 Å². The van der Waals surface area contributed by atoms with Crippen molar-refractivity contribution < 1.29 is 31.4 Å². The highest BCUT2D eigenvalue weighted by Gasteiger charge is 2.49. The molecular weight excluding hydrogens is 663 g/mol. The van der Waals surface area contributed by atoms with Crippen LogP contribution in [0.5, 0.6) is 5.75 Å². The summed E-state index contributed by atoms with van der Waals surface area (Å²) < 4.78 is 52.2. The van der Waals surface area contributed by atoms with Crippen molar-refractivity contribution in [1.82, 2.24) is 0 Å². The van der Waals surface area contributed by atoms with Gasteiger partial charge in [-0.3, -0.25) is 4.18 Å². The lowest BCUT2D eigenvalue weighted by atomic mass is 9.80. The molecule has 0 amide bonds. The van der Waals surface area contributed by atoms with Crippen molar-refractivity contribution in [3.63, 3.8) is 0 Å². The van der Waals surface area contributed by atoms with Crippen molar-refractivity contribution in [2.24, 2.45) is 11.8 Å². The molecule has 0 aliphatic heterocycles. The highest BCUT2D eigenvalue weighted by molar-refractivity contribution is 7.97. The Labute approximate surface area is 304 Å². The molecule has 0 saturated heterocycles. The molecule has 0 heterocycles. The molecule has 3 unspecified atom stereocenters. The second-order valence-corrected chi connectivity index (χ2v) is 14.8. The summed E-state index contributed by atoms with van der Waals surface area (Å²) in [6.45, 7) is 26.4. The molecule has 0 spiro atoms. The van der Waals surface area contributed by atoms with E-state index in [1.165, 1.54) is 59.3 Å². The van der Waals surface area contributed by atoms with Gasteiger partial charge >= 0.3 is 11.2 Å². The minimum atomic E-state index is -4.13. The Morgan fingerprint density at radius 2 is 1.45 bits per heavy atom. The third kappa shape index (κ3) is 16.7. The molecule has 2 aliphatic rings. The van der Waals surface area contributed by atoms with Gasteiger partial charge in [0.05, 0.1) is 19.8 Å². The van der Waals surface area contributed by atoms with Crippen LogP contribution in [-0.2, 0) is 35.7 Å².